The first-order chi connectivity index (χ1) is 11.4. The summed E-state index contributed by atoms with van der Waals surface area (Å²) in [5.74, 6) is -0.212. The number of amides is 2. The first-order valence-electron chi connectivity index (χ1n) is 8.63. The zero-order chi connectivity index (χ0) is 17.6. The number of rotatable bonds is 6. The van der Waals surface area contributed by atoms with Crippen LogP contribution in [0.5, 0.6) is 0 Å². The molecule has 132 valence electrons. The molecule has 0 unspecified atom stereocenters. The highest BCUT2D eigenvalue weighted by Gasteiger charge is 2.16. The van der Waals surface area contributed by atoms with Gasteiger partial charge in [-0.25, -0.2) is 0 Å². The second-order valence-electron chi connectivity index (χ2n) is 7.27. The highest BCUT2D eigenvalue weighted by Crippen LogP contribution is 2.22. The van der Waals surface area contributed by atoms with Gasteiger partial charge in [0.15, 0.2) is 0 Å². The SMILES string of the molecule is CC(C)(C)c1ccc(C(=O)NCCC(=O)NC[C@@H]2CCCO2)cc1. The molecule has 0 aliphatic carbocycles. The molecule has 2 N–H and O–H groups in total. The van der Waals surface area contributed by atoms with Crippen molar-refractivity contribution in [3.8, 4) is 0 Å². The van der Waals surface area contributed by atoms with E-state index in [9.17, 15) is 9.59 Å². The summed E-state index contributed by atoms with van der Waals surface area (Å²) in [5, 5.41) is 5.63. The lowest BCUT2D eigenvalue weighted by atomic mass is 9.87. The molecule has 1 aliphatic heterocycles. The van der Waals surface area contributed by atoms with Crippen LogP contribution >= 0.6 is 0 Å². The number of nitrogens with one attached hydrogen (secondary N) is 2. The smallest absolute Gasteiger partial charge is 0.251 e. The third-order valence-corrected chi connectivity index (χ3v) is 4.20. The minimum Gasteiger partial charge on any atom is -0.376 e. The van der Waals surface area contributed by atoms with Crippen LogP contribution in [-0.2, 0) is 14.9 Å². The van der Waals surface area contributed by atoms with E-state index in [1.807, 2.05) is 24.3 Å². The van der Waals surface area contributed by atoms with Crippen molar-refractivity contribution in [1.82, 2.24) is 10.6 Å². The van der Waals surface area contributed by atoms with Gasteiger partial charge in [-0.3, -0.25) is 9.59 Å². The molecule has 0 aromatic heterocycles. The van der Waals surface area contributed by atoms with Gasteiger partial charge in [-0.05, 0) is 36.0 Å². The number of carbonyl (C=O) groups excluding carboxylic acids is 2. The van der Waals surface area contributed by atoms with E-state index in [4.69, 9.17) is 4.74 Å². The molecule has 2 amide bonds. The van der Waals surface area contributed by atoms with Crippen LogP contribution in [0.15, 0.2) is 24.3 Å². The number of benzene rings is 1. The van der Waals surface area contributed by atoms with Crippen LogP contribution in [0.25, 0.3) is 0 Å². The Balaban J connectivity index is 1.69. The fourth-order valence-electron chi connectivity index (χ4n) is 2.63. The molecule has 1 aliphatic rings. The zero-order valence-electron chi connectivity index (χ0n) is 14.9. The van der Waals surface area contributed by atoms with E-state index < -0.39 is 0 Å². The number of carbonyl (C=O) groups is 2. The quantitative estimate of drug-likeness (QED) is 0.840. The average Bonchev–Trinajstić information content (AvgIpc) is 3.05. The molecule has 24 heavy (non-hydrogen) atoms. The maximum absolute atomic E-state index is 12.1. The van der Waals surface area contributed by atoms with Gasteiger partial charge in [0.05, 0.1) is 6.10 Å². The molecule has 0 spiro atoms. The van der Waals surface area contributed by atoms with E-state index in [-0.39, 0.29) is 29.8 Å². The summed E-state index contributed by atoms with van der Waals surface area (Å²) in [6, 6.07) is 7.60. The normalized spacial score (nSPS) is 17.5. The summed E-state index contributed by atoms with van der Waals surface area (Å²) < 4.78 is 5.45. The predicted molar refractivity (Wildman–Crippen MR) is 94.1 cm³/mol. The minimum absolute atomic E-state index is 0.0612. The average molecular weight is 332 g/mol. The fraction of sp³-hybridized carbons (Fsp3) is 0.579. The van der Waals surface area contributed by atoms with Crippen molar-refractivity contribution in [2.45, 2.75) is 51.6 Å². The summed E-state index contributed by atoms with van der Waals surface area (Å²) >= 11 is 0. The third-order valence-electron chi connectivity index (χ3n) is 4.20. The summed E-state index contributed by atoms with van der Waals surface area (Å²) in [6.45, 7) is 8.08. The number of hydrogen-bond donors (Lipinski definition) is 2. The zero-order valence-corrected chi connectivity index (χ0v) is 14.9. The van der Waals surface area contributed by atoms with Crippen molar-refractivity contribution in [3.63, 3.8) is 0 Å². The predicted octanol–water partition coefficient (Wildman–Crippen LogP) is 2.40. The maximum Gasteiger partial charge on any atom is 0.251 e. The van der Waals surface area contributed by atoms with Crippen LogP contribution < -0.4 is 10.6 Å². The van der Waals surface area contributed by atoms with Gasteiger partial charge in [-0.1, -0.05) is 32.9 Å². The van der Waals surface area contributed by atoms with Crippen molar-refractivity contribution in [1.29, 1.82) is 0 Å². The van der Waals surface area contributed by atoms with E-state index >= 15 is 0 Å². The van der Waals surface area contributed by atoms with Crippen molar-refractivity contribution in [2.24, 2.45) is 0 Å². The van der Waals surface area contributed by atoms with Gasteiger partial charge in [0.25, 0.3) is 5.91 Å². The van der Waals surface area contributed by atoms with E-state index in [1.165, 1.54) is 5.56 Å². The van der Waals surface area contributed by atoms with Crippen molar-refractivity contribution in [2.75, 3.05) is 19.7 Å². The molecular formula is C19H28N2O3. The Morgan fingerprint density at radius 1 is 1.17 bits per heavy atom. The standard InChI is InChI=1S/C19H28N2O3/c1-19(2,3)15-8-6-14(7-9-15)18(23)20-11-10-17(22)21-13-16-5-4-12-24-16/h6-9,16H,4-5,10-13H2,1-3H3,(H,20,23)(H,21,22)/t16-/m0/s1. The minimum atomic E-state index is -0.151. The van der Waals surface area contributed by atoms with Crippen molar-refractivity contribution >= 4 is 11.8 Å². The third kappa shape index (κ3) is 5.64. The van der Waals surface area contributed by atoms with Gasteiger partial charge in [0.1, 0.15) is 0 Å². The Morgan fingerprint density at radius 3 is 2.46 bits per heavy atom. The largest absolute Gasteiger partial charge is 0.376 e. The first-order valence-corrected chi connectivity index (χ1v) is 8.63. The second-order valence-corrected chi connectivity index (χ2v) is 7.27. The van der Waals surface area contributed by atoms with Gasteiger partial charge in [-0.2, -0.15) is 0 Å². The Bertz CT molecular complexity index is 555. The summed E-state index contributed by atoms with van der Waals surface area (Å²) in [7, 11) is 0. The Hall–Kier alpha value is -1.88. The van der Waals surface area contributed by atoms with Gasteiger partial charge >= 0.3 is 0 Å². The molecule has 1 heterocycles. The first kappa shape index (κ1) is 18.5. The molecule has 2 rings (SSSR count). The summed E-state index contributed by atoms with van der Waals surface area (Å²) in [6.07, 6.45) is 2.48. The second kappa shape index (κ2) is 8.29. The van der Waals surface area contributed by atoms with E-state index in [0.717, 1.165) is 19.4 Å². The Labute approximate surface area is 144 Å². The summed E-state index contributed by atoms with van der Waals surface area (Å²) in [4.78, 5) is 23.8. The molecular weight excluding hydrogens is 304 g/mol. The van der Waals surface area contributed by atoms with Gasteiger partial charge in [0.2, 0.25) is 5.91 Å². The Kier molecular flexibility index (Phi) is 6.37. The van der Waals surface area contributed by atoms with E-state index in [1.54, 1.807) is 0 Å². The highest BCUT2D eigenvalue weighted by molar-refractivity contribution is 5.94. The maximum atomic E-state index is 12.1. The van der Waals surface area contributed by atoms with E-state index in [0.29, 0.717) is 18.7 Å². The molecule has 0 radical (unpaired) electrons. The molecule has 1 aromatic rings. The van der Waals surface area contributed by atoms with Crippen LogP contribution in [0.2, 0.25) is 0 Å². The molecule has 1 saturated heterocycles. The fourth-order valence-corrected chi connectivity index (χ4v) is 2.63. The molecule has 5 heteroatoms. The lowest BCUT2D eigenvalue weighted by molar-refractivity contribution is -0.121. The topological polar surface area (TPSA) is 67.4 Å². The molecule has 1 aromatic carbocycles. The molecule has 0 saturated carbocycles. The molecule has 0 bridgehead atoms. The number of hydrogen-bond acceptors (Lipinski definition) is 3. The highest BCUT2D eigenvalue weighted by atomic mass is 16.5. The summed E-state index contributed by atoms with van der Waals surface area (Å²) in [5.41, 5.74) is 1.87. The van der Waals surface area contributed by atoms with Crippen LogP contribution in [0.3, 0.4) is 0 Å². The molecule has 1 fully saturated rings. The van der Waals surface area contributed by atoms with Crippen molar-refractivity contribution in [3.05, 3.63) is 35.4 Å². The number of ether oxygens (including phenoxy) is 1. The van der Waals surface area contributed by atoms with Crippen LogP contribution in [0.4, 0.5) is 0 Å². The molecule has 5 nitrogen and oxygen atoms in total. The van der Waals surface area contributed by atoms with Crippen LogP contribution in [-0.4, -0.2) is 37.6 Å². The van der Waals surface area contributed by atoms with Gasteiger partial charge in [-0.15, -0.1) is 0 Å². The monoisotopic (exact) mass is 332 g/mol. The molecule has 1 atom stereocenters. The lowest BCUT2D eigenvalue weighted by Crippen LogP contribution is -2.34. The Morgan fingerprint density at radius 2 is 1.88 bits per heavy atom. The van der Waals surface area contributed by atoms with Gasteiger partial charge in [0, 0.05) is 31.7 Å². The van der Waals surface area contributed by atoms with Crippen molar-refractivity contribution < 1.29 is 14.3 Å². The van der Waals surface area contributed by atoms with E-state index in [2.05, 4.69) is 31.4 Å². The lowest BCUT2D eigenvalue weighted by Gasteiger charge is -2.19. The van der Waals surface area contributed by atoms with Crippen LogP contribution in [0, 0.1) is 0 Å². The van der Waals surface area contributed by atoms with Gasteiger partial charge < -0.3 is 15.4 Å². The van der Waals surface area contributed by atoms with Crippen LogP contribution in [0.1, 0.15) is 56.0 Å².